The third kappa shape index (κ3) is 2.99. The molecular formula is C13H6Cl7O. The molecule has 0 atom stereocenters. The summed E-state index contributed by atoms with van der Waals surface area (Å²) in [6.45, 7) is 0. The summed E-state index contributed by atoms with van der Waals surface area (Å²) in [4.78, 5) is 0. The number of alkyl halides is 7. The molecule has 0 heterocycles. The Morgan fingerprint density at radius 1 is 0.714 bits per heavy atom. The molecule has 2 rings (SSSR count). The second-order valence-electron chi connectivity index (χ2n) is 4.30. The van der Waals surface area contributed by atoms with Crippen LogP contribution in [0.5, 0.6) is 5.75 Å². The molecule has 1 nitrogen and oxygen atoms in total. The number of benzene rings is 2. The second kappa shape index (κ2) is 5.87. The monoisotopic (exact) mass is 423 g/mol. The molecule has 0 amide bonds. The van der Waals surface area contributed by atoms with Gasteiger partial charge in [0.2, 0.25) is 8.13 Å². The third-order valence-electron chi connectivity index (χ3n) is 2.97. The fourth-order valence-corrected chi connectivity index (χ4v) is 3.43. The first-order chi connectivity index (χ1) is 9.50. The smallest absolute Gasteiger partial charge is 0.226 e. The van der Waals surface area contributed by atoms with Gasteiger partial charge >= 0.3 is 0 Å². The summed E-state index contributed by atoms with van der Waals surface area (Å²) in [6, 6.07) is 9.44. The maximum atomic E-state index is 11.9. The molecule has 2 aromatic rings. The molecule has 0 saturated heterocycles. The van der Waals surface area contributed by atoms with E-state index in [2.05, 4.69) is 0 Å². The van der Waals surface area contributed by atoms with Gasteiger partial charge in [0.1, 0.15) is 0 Å². The van der Waals surface area contributed by atoms with Crippen molar-refractivity contribution in [2.45, 2.75) is 12.5 Å². The van der Waals surface area contributed by atoms with Crippen molar-refractivity contribution in [2.24, 2.45) is 0 Å². The van der Waals surface area contributed by atoms with E-state index in [0.29, 0.717) is 10.8 Å². The zero-order valence-corrected chi connectivity index (χ0v) is 15.3. The predicted octanol–water partition coefficient (Wildman–Crippen LogP) is 7.16. The molecule has 0 unspecified atom stereocenters. The SMILES string of the molecule is [O]c1cccc2c(C(Cl)(Cl)C(Cl)(Cl)C(Cl)(Cl)Cl)cccc12. The molecule has 0 aliphatic heterocycles. The highest BCUT2D eigenvalue weighted by Crippen LogP contribution is 2.61. The first-order valence-electron chi connectivity index (χ1n) is 5.52. The minimum Gasteiger partial charge on any atom is -0.289 e. The van der Waals surface area contributed by atoms with Crippen LogP contribution in [0.3, 0.4) is 0 Å². The third-order valence-corrected chi connectivity index (χ3v) is 6.90. The molecule has 0 aliphatic carbocycles. The van der Waals surface area contributed by atoms with Crippen molar-refractivity contribution in [3.63, 3.8) is 0 Å². The number of fused-ring (bicyclic) bond motifs is 1. The molecule has 0 N–H and O–H groups in total. The van der Waals surface area contributed by atoms with Gasteiger partial charge in [-0.05, 0) is 17.0 Å². The van der Waals surface area contributed by atoms with Crippen LogP contribution >= 0.6 is 81.2 Å². The fraction of sp³-hybridized carbons (Fsp3) is 0.231. The van der Waals surface area contributed by atoms with Crippen LogP contribution in [0.25, 0.3) is 10.8 Å². The highest BCUT2D eigenvalue weighted by molar-refractivity contribution is 6.78. The van der Waals surface area contributed by atoms with Crippen LogP contribution in [0.1, 0.15) is 5.56 Å². The van der Waals surface area contributed by atoms with Gasteiger partial charge in [-0.15, -0.1) is 0 Å². The van der Waals surface area contributed by atoms with Crippen molar-refractivity contribution in [1.29, 1.82) is 0 Å². The minimum atomic E-state index is -2.16. The molecule has 0 spiro atoms. The van der Waals surface area contributed by atoms with Crippen LogP contribution in [-0.4, -0.2) is 8.13 Å². The Balaban J connectivity index is 2.74. The number of rotatable bonds is 2. The van der Waals surface area contributed by atoms with Gasteiger partial charge in [0.25, 0.3) is 0 Å². The van der Waals surface area contributed by atoms with E-state index in [4.69, 9.17) is 81.2 Å². The quantitative estimate of drug-likeness (QED) is 0.454. The Bertz CT molecular complexity index is 676. The van der Waals surface area contributed by atoms with Gasteiger partial charge in [-0.1, -0.05) is 112 Å². The van der Waals surface area contributed by atoms with Crippen molar-refractivity contribution < 1.29 is 5.11 Å². The first kappa shape index (κ1) is 17.9. The van der Waals surface area contributed by atoms with Crippen molar-refractivity contribution in [2.75, 3.05) is 0 Å². The summed E-state index contributed by atoms with van der Waals surface area (Å²) in [7, 11) is 0. The zero-order valence-electron chi connectivity index (χ0n) is 10.0. The average Bonchev–Trinajstić information content (AvgIpc) is 2.37. The van der Waals surface area contributed by atoms with Gasteiger partial charge in [0, 0.05) is 5.39 Å². The van der Waals surface area contributed by atoms with Crippen molar-refractivity contribution in [3.8, 4) is 5.75 Å². The van der Waals surface area contributed by atoms with Crippen LogP contribution in [0.15, 0.2) is 36.4 Å². The molecule has 8 heteroatoms. The van der Waals surface area contributed by atoms with E-state index in [0.717, 1.165) is 0 Å². The van der Waals surface area contributed by atoms with E-state index in [9.17, 15) is 5.11 Å². The first-order valence-corrected chi connectivity index (χ1v) is 8.16. The Morgan fingerprint density at radius 2 is 1.24 bits per heavy atom. The fourth-order valence-electron chi connectivity index (χ4n) is 1.90. The van der Waals surface area contributed by atoms with E-state index >= 15 is 0 Å². The van der Waals surface area contributed by atoms with E-state index in [1.807, 2.05) is 0 Å². The Hall–Kier alpha value is 0.530. The lowest BCUT2D eigenvalue weighted by molar-refractivity contribution is 0.360. The van der Waals surface area contributed by atoms with Crippen LogP contribution in [0, 0.1) is 0 Å². The molecule has 0 aromatic heterocycles. The predicted molar refractivity (Wildman–Crippen MR) is 92.2 cm³/mol. The summed E-state index contributed by atoms with van der Waals surface area (Å²) < 4.78 is -6.27. The summed E-state index contributed by atoms with van der Waals surface area (Å²) in [5, 5.41) is 12.8. The van der Waals surface area contributed by atoms with Gasteiger partial charge < -0.3 is 0 Å². The molecule has 0 saturated carbocycles. The van der Waals surface area contributed by atoms with E-state index in [1.165, 1.54) is 6.07 Å². The molecule has 2 aromatic carbocycles. The number of hydrogen-bond acceptors (Lipinski definition) is 0. The van der Waals surface area contributed by atoms with Gasteiger partial charge in [0.05, 0.1) is 0 Å². The minimum absolute atomic E-state index is 0.192. The van der Waals surface area contributed by atoms with E-state index in [1.54, 1.807) is 30.3 Å². The van der Waals surface area contributed by atoms with Crippen LogP contribution in [0.4, 0.5) is 0 Å². The number of halogens is 7. The maximum Gasteiger partial charge on any atom is 0.226 e. The van der Waals surface area contributed by atoms with Crippen molar-refractivity contribution >= 4 is 92.0 Å². The van der Waals surface area contributed by atoms with Gasteiger partial charge in [-0.25, -0.2) is 0 Å². The van der Waals surface area contributed by atoms with E-state index < -0.39 is 12.5 Å². The molecule has 0 fully saturated rings. The second-order valence-corrected chi connectivity index (χ2v) is 9.24. The van der Waals surface area contributed by atoms with Crippen molar-refractivity contribution in [1.82, 2.24) is 0 Å². The topological polar surface area (TPSA) is 19.9 Å². The molecule has 1 radical (unpaired) electrons. The summed E-state index contributed by atoms with van der Waals surface area (Å²) in [5.41, 5.74) is 0.275. The molecule has 113 valence electrons. The van der Waals surface area contributed by atoms with Crippen LogP contribution in [-0.2, 0) is 9.44 Å². The Labute approximate surface area is 156 Å². The maximum absolute atomic E-state index is 11.9. The lowest BCUT2D eigenvalue weighted by atomic mass is 9.99. The molecule has 21 heavy (non-hydrogen) atoms. The lowest BCUT2D eigenvalue weighted by Gasteiger charge is -2.38. The molecular weight excluding hydrogens is 420 g/mol. The lowest BCUT2D eigenvalue weighted by Crippen LogP contribution is -2.45. The van der Waals surface area contributed by atoms with E-state index in [-0.39, 0.29) is 11.3 Å². The van der Waals surface area contributed by atoms with Crippen molar-refractivity contribution in [3.05, 3.63) is 42.0 Å². The zero-order chi connectivity index (χ0) is 16.1. The highest BCUT2D eigenvalue weighted by atomic mass is 35.6. The Morgan fingerprint density at radius 3 is 1.81 bits per heavy atom. The standard InChI is InChI=1S/C13H6Cl7O/c14-11(15,12(16,17)13(18,19)20)9-5-1-4-8-7(9)3-2-6-10(8)21/h1-6H. The largest absolute Gasteiger partial charge is 0.289 e. The summed E-state index contributed by atoms with van der Waals surface area (Å²) in [5.74, 6) is -0.192. The molecule has 0 bridgehead atoms. The Kier molecular flexibility index (Phi) is 5.00. The molecule has 0 aliphatic rings. The average molecular weight is 426 g/mol. The van der Waals surface area contributed by atoms with Crippen LogP contribution < -0.4 is 0 Å². The number of hydrogen-bond donors (Lipinski definition) is 0. The summed E-state index contributed by atoms with van der Waals surface area (Å²) >= 11 is 42.2. The highest BCUT2D eigenvalue weighted by Gasteiger charge is 2.61. The normalized spacial score (nSPS) is 13.7. The summed E-state index contributed by atoms with van der Waals surface area (Å²) in [6.07, 6.45) is 0. The van der Waals surface area contributed by atoms with Crippen LogP contribution in [0.2, 0.25) is 0 Å². The van der Waals surface area contributed by atoms with Gasteiger partial charge in [0.15, 0.2) is 10.1 Å². The van der Waals surface area contributed by atoms with Gasteiger partial charge in [-0.3, -0.25) is 5.11 Å². The van der Waals surface area contributed by atoms with Gasteiger partial charge in [-0.2, -0.15) is 0 Å².